The van der Waals surface area contributed by atoms with Crippen LogP contribution in [0.25, 0.3) is 0 Å². The monoisotopic (exact) mass is 362 g/mol. The first-order valence-electron chi connectivity index (χ1n) is 9.14. The second-order valence-corrected chi connectivity index (χ2v) is 7.41. The van der Waals surface area contributed by atoms with Gasteiger partial charge in [0.2, 0.25) is 0 Å². The van der Waals surface area contributed by atoms with Crippen molar-refractivity contribution in [2.45, 2.75) is 25.8 Å². The number of pyridine rings is 1. The van der Waals surface area contributed by atoms with E-state index in [4.69, 9.17) is 4.74 Å². The molecule has 4 rings (SSSR count). The van der Waals surface area contributed by atoms with Crippen LogP contribution >= 0.6 is 0 Å². The Morgan fingerprint density at radius 3 is 2.78 bits per heavy atom. The van der Waals surface area contributed by atoms with Crippen LogP contribution in [-0.4, -0.2) is 47.8 Å². The van der Waals surface area contributed by atoms with Crippen LogP contribution in [0.3, 0.4) is 0 Å². The Labute approximate surface area is 159 Å². The van der Waals surface area contributed by atoms with E-state index in [0.717, 1.165) is 16.8 Å². The van der Waals surface area contributed by atoms with Crippen LogP contribution in [0.4, 0.5) is 10.6 Å². The molecule has 0 saturated carbocycles. The van der Waals surface area contributed by atoms with E-state index < -0.39 is 5.54 Å². The third-order valence-electron chi connectivity index (χ3n) is 5.45. The first-order chi connectivity index (χ1) is 13.0. The molecule has 2 fully saturated rings. The lowest BCUT2D eigenvalue weighted by Crippen LogP contribution is -2.62. The molecule has 6 heteroatoms. The zero-order valence-corrected chi connectivity index (χ0v) is 15.6. The number of nitrogens with zero attached hydrogens (tertiary/aromatic N) is 4. The van der Waals surface area contributed by atoms with Gasteiger partial charge < -0.3 is 9.64 Å². The molecular formula is C21H22N4O2. The molecule has 0 radical (unpaired) electrons. The van der Waals surface area contributed by atoms with Crippen LogP contribution in [0.5, 0.6) is 0 Å². The molecule has 1 aromatic heterocycles. The molecule has 138 valence electrons. The van der Waals surface area contributed by atoms with E-state index >= 15 is 0 Å². The molecule has 1 aromatic carbocycles. The average Bonchev–Trinajstić information content (AvgIpc) is 2.98. The molecule has 3 heterocycles. The number of amides is 1. The zero-order valence-electron chi connectivity index (χ0n) is 15.6. The van der Waals surface area contributed by atoms with Crippen LogP contribution in [0, 0.1) is 25.2 Å². The molecule has 2 saturated heterocycles. The van der Waals surface area contributed by atoms with Gasteiger partial charge in [0.05, 0.1) is 5.56 Å². The van der Waals surface area contributed by atoms with Gasteiger partial charge >= 0.3 is 6.09 Å². The highest BCUT2D eigenvalue weighted by atomic mass is 16.6. The van der Waals surface area contributed by atoms with Crippen molar-refractivity contribution in [3.63, 3.8) is 0 Å². The lowest BCUT2D eigenvalue weighted by atomic mass is 9.88. The van der Waals surface area contributed by atoms with Crippen molar-refractivity contribution in [3.8, 4) is 6.07 Å². The quantitative estimate of drug-likeness (QED) is 0.840. The summed E-state index contributed by atoms with van der Waals surface area (Å²) >= 11 is 0. The van der Waals surface area contributed by atoms with Crippen molar-refractivity contribution >= 4 is 11.9 Å². The zero-order chi connectivity index (χ0) is 19.0. The summed E-state index contributed by atoms with van der Waals surface area (Å²) < 4.78 is 5.44. The Morgan fingerprint density at radius 2 is 2.04 bits per heavy atom. The molecule has 1 unspecified atom stereocenters. The standard InChI is InChI=1S/C21H22N4O2/c1-15-10-16(2)23-19(18(15)12-22)24-8-9-25-20(26)27-14-21(25,13-24)11-17-6-4-3-5-7-17/h3-7,10H,8-9,11,13-14H2,1-2H3. The van der Waals surface area contributed by atoms with Crippen molar-refractivity contribution in [1.29, 1.82) is 5.26 Å². The van der Waals surface area contributed by atoms with E-state index in [2.05, 4.69) is 28.1 Å². The fourth-order valence-corrected chi connectivity index (χ4v) is 4.20. The van der Waals surface area contributed by atoms with E-state index in [1.165, 1.54) is 0 Å². The van der Waals surface area contributed by atoms with E-state index in [1.807, 2.05) is 43.0 Å². The van der Waals surface area contributed by atoms with Gasteiger partial charge in [-0.25, -0.2) is 9.78 Å². The topological polar surface area (TPSA) is 69.5 Å². The second kappa shape index (κ2) is 6.58. The number of rotatable bonds is 3. The van der Waals surface area contributed by atoms with Crippen molar-refractivity contribution in [3.05, 3.63) is 58.8 Å². The number of cyclic esters (lactones) is 1. The number of carbonyl (C=O) groups is 1. The molecule has 2 aromatic rings. The molecule has 1 atom stereocenters. The van der Waals surface area contributed by atoms with Crippen molar-refractivity contribution in [1.82, 2.24) is 9.88 Å². The van der Waals surface area contributed by atoms with Crippen LogP contribution in [-0.2, 0) is 11.2 Å². The minimum Gasteiger partial charge on any atom is -0.447 e. The largest absolute Gasteiger partial charge is 0.447 e. The molecule has 0 spiro atoms. The number of anilines is 1. The van der Waals surface area contributed by atoms with Crippen molar-refractivity contribution in [2.24, 2.45) is 0 Å². The van der Waals surface area contributed by atoms with Crippen molar-refractivity contribution in [2.75, 3.05) is 31.1 Å². The Bertz CT molecular complexity index is 922. The summed E-state index contributed by atoms with van der Waals surface area (Å²) in [6, 6.07) is 14.4. The maximum atomic E-state index is 12.3. The van der Waals surface area contributed by atoms with Crippen LogP contribution in [0.2, 0.25) is 0 Å². The average molecular weight is 362 g/mol. The first kappa shape index (κ1) is 17.3. The van der Waals surface area contributed by atoms with Gasteiger partial charge in [-0.05, 0) is 31.0 Å². The number of aromatic nitrogens is 1. The normalized spacial score (nSPS) is 21.6. The van der Waals surface area contributed by atoms with Gasteiger partial charge in [0, 0.05) is 31.7 Å². The first-order valence-corrected chi connectivity index (χ1v) is 9.14. The summed E-state index contributed by atoms with van der Waals surface area (Å²) in [6.07, 6.45) is 0.461. The number of fused-ring (bicyclic) bond motifs is 1. The molecule has 2 aliphatic rings. The number of hydrogen-bond acceptors (Lipinski definition) is 5. The van der Waals surface area contributed by atoms with Gasteiger partial charge in [0.25, 0.3) is 0 Å². The predicted molar refractivity (Wildman–Crippen MR) is 102 cm³/mol. The molecule has 2 aliphatic heterocycles. The molecular weight excluding hydrogens is 340 g/mol. The number of hydrogen-bond donors (Lipinski definition) is 0. The van der Waals surface area contributed by atoms with E-state index in [0.29, 0.717) is 44.0 Å². The fourth-order valence-electron chi connectivity index (χ4n) is 4.20. The highest BCUT2D eigenvalue weighted by Gasteiger charge is 2.51. The van der Waals surface area contributed by atoms with Gasteiger partial charge in [-0.1, -0.05) is 30.3 Å². The van der Waals surface area contributed by atoms with Gasteiger partial charge in [0.15, 0.2) is 0 Å². The summed E-state index contributed by atoms with van der Waals surface area (Å²) in [5.41, 5.74) is 3.15. The Kier molecular flexibility index (Phi) is 4.23. The molecule has 0 aliphatic carbocycles. The third kappa shape index (κ3) is 2.99. The Balaban J connectivity index is 1.71. The summed E-state index contributed by atoms with van der Waals surface area (Å²) in [4.78, 5) is 20.9. The van der Waals surface area contributed by atoms with Gasteiger partial charge in [0.1, 0.15) is 24.0 Å². The molecule has 1 amide bonds. The van der Waals surface area contributed by atoms with Gasteiger partial charge in [-0.15, -0.1) is 0 Å². The summed E-state index contributed by atoms with van der Waals surface area (Å²) in [5, 5.41) is 9.64. The number of carbonyl (C=O) groups excluding carboxylic acids is 1. The number of benzene rings is 1. The second-order valence-electron chi connectivity index (χ2n) is 7.41. The van der Waals surface area contributed by atoms with Crippen molar-refractivity contribution < 1.29 is 9.53 Å². The number of nitriles is 1. The van der Waals surface area contributed by atoms with Crippen LogP contribution in [0.1, 0.15) is 22.4 Å². The van der Waals surface area contributed by atoms with Crippen LogP contribution in [0.15, 0.2) is 36.4 Å². The number of aryl methyl sites for hydroxylation is 2. The minimum atomic E-state index is -0.442. The highest BCUT2D eigenvalue weighted by Crippen LogP contribution is 2.35. The lowest BCUT2D eigenvalue weighted by molar-refractivity contribution is 0.140. The van der Waals surface area contributed by atoms with Gasteiger partial charge in [-0.3, -0.25) is 4.90 Å². The lowest BCUT2D eigenvalue weighted by Gasteiger charge is -2.45. The summed E-state index contributed by atoms with van der Waals surface area (Å²) in [5.74, 6) is 0.710. The summed E-state index contributed by atoms with van der Waals surface area (Å²) in [6.45, 7) is 6.02. The van der Waals surface area contributed by atoms with E-state index in [-0.39, 0.29) is 6.09 Å². The maximum absolute atomic E-state index is 12.3. The Hall–Kier alpha value is -3.07. The number of piperazine rings is 1. The highest BCUT2D eigenvalue weighted by molar-refractivity contribution is 5.72. The molecule has 6 nitrogen and oxygen atoms in total. The molecule has 0 N–H and O–H groups in total. The predicted octanol–water partition coefficient (Wildman–Crippen LogP) is 2.82. The van der Waals surface area contributed by atoms with E-state index in [9.17, 15) is 10.1 Å². The maximum Gasteiger partial charge on any atom is 0.410 e. The molecule has 27 heavy (non-hydrogen) atoms. The van der Waals surface area contributed by atoms with Crippen LogP contribution < -0.4 is 4.90 Å². The van der Waals surface area contributed by atoms with Gasteiger partial charge in [-0.2, -0.15) is 5.26 Å². The minimum absolute atomic E-state index is 0.250. The van der Waals surface area contributed by atoms with E-state index in [1.54, 1.807) is 0 Å². The SMILES string of the molecule is Cc1cc(C)c(C#N)c(N2CCN3C(=O)OCC3(Cc3ccccc3)C2)n1. The number of ether oxygens (including phenoxy) is 1. The molecule has 0 bridgehead atoms. The summed E-state index contributed by atoms with van der Waals surface area (Å²) in [7, 11) is 0. The third-order valence-corrected chi connectivity index (χ3v) is 5.45. The fraction of sp³-hybridized carbons (Fsp3) is 0.381. The smallest absolute Gasteiger partial charge is 0.410 e. The Morgan fingerprint density at radius 1 is 1.26 bits per heavy atom.